The molecule has 1 aromatic carbocycles. The van der Waals surface area contributed by atoms with E-state index in [1.807, 2.05) is 0 Å². The van der Waals surface area contributed by atoms with Crippen LogP contribution in [0.5, 0.6) is 5.75 Å². The van der Waals surface area contributed by atoms with E-state index in [1.165, 1.54) is 19.3 Å². The highest BCUT2D eigenvalue weighted by Crippen LogP contribution is 2.15. The Kier molecular flexibility index (Phi) is 7.11. The first-order chi connectivity index (χ1) is 8.77. The zero-order valence-corrected chi connectivity index (χ0v) is 11.0. The molecule has 0 radical (unpaired) electrons. The summed E-state index contributed by atoms with van der Waals surface area (Å²) in [6.45, 7) is 1.84. The van der Waals surface area contributed by atoms with E-state index < -0.39 is 0 Å². The van der Waals surface area contributed by atoms with Gasteiger partial charge in [-0.3, -0.25) is 4.79 Å². The van der Waals surface area contributed by atoms with Gasteiger partial charge in [-0.05, 0) is 30.7 Å². The Labute approximate surface area is 109 Å². The molecule has 0 aliphatic heterocycles. The lowest BCUT2D eigenvalue weighted by Crippen LogP contribution is -2.00. The molecule has 1 rings (SSSR count). The van der Waals surface area contributed by atoms with Gasteiger partial charge in [0.1, 0.15) is 5.75 Å². The van der Waals surface area contributed by atoms with Gasteiger partial charge in [0.05, 0.1) is 0 Å². The number of carbonyl (C=O) groups is 1. The lowest BCUT2D eigenvalue weighted by Gasteiger charge is -2.04. The summed E-state index contributed by atoms with van der Waals surface area (Å²) in [5.41, 5.74) is 0.718. The molecular weight excluding hydrogens is 228 g/mol. The maximum absolute atomic E-state index is 11.9. The number of hydrogen-bond donors (Lipinski definition) is 1. The van der Waals surface area contributed by atoms with Crippen molar-refractivity contribution in [3.8, 4) is 5.75 Å². The van der Waals surface area contributed by atoms with Gasteiger partial charge in [-0.15, -0.1) is 0 Å². The van der Waals surface area contributed by atoms with Gasteiger partial charge in [-0.2, -0.15) is 0 Å². The van der Waals surface area contributed by atoms with Crippen LogP contribution in [-0.4, -0.2) is 17.7 Å². The molecule has 0 aliphatic carbocycles. The van der Waals surface area contributed by atoms with Gasteiger partial charge < -0.3 is 9.84 Å². The molecule has 0 bridgehead atoms. The minimum atomic E-state index is -0.343. The van der Waals surface area contributed by atoms with Crippen LogP contribution in [0.4, 0.5) is 0 Å². The van der Waals surface area contributed by atoms with E-state index in [1.54, 1.807) is 24.3 Å². The normalized spacial score (nSPS) is 10.3. The fourth-order valence-electron chi connectivity index (χ4n) is 1.85. The van der Waals surface area contributed by atoms with Crippen molar-refractivity contribution in [1.82, 2.24) is 0 Å². The molecule has 0 fully saturated rings. The minimum Gasteiger partial charge on any atom is -0.468 e. The first-order valence-corrected chi connectivity index (χ1v) is 6.65. The number of aliphatic hydroxyl groups excluding tert-OH is 1. The van der Waals surface area contributed by atoms with Crippen molar-refractivity contribution in [3.05, 3.63) is 29.8 Å². The lowest BCUT2D eigenvalue weighted by atomic mass is 10.0. The average molecular weight is 250 g/mol. The number of ketones is 1. The number of benzene rings is 1. The largest absolute Gasteiger partial charge is 0.468 e. The van der Waals surface area contributed by atoms with E-state index in [0.717, 1.165) is 18.4 Å². The monoisotopic (exact) mass is 250 g/mol. The second-order valence-electron chi connectivity index (χ2n) is 4.39. The third kappa shape index (κ3) is 5.32. The first kappa shape index (κ1) is 14.7. The SMILES string of the molecule is CCCCCCCC(=O)c1ccc(OCO)cc1. The van der Waals surface area contributed by atoms with Crippen molar-refractivity contribution in [1.29, 1.82) is 0 Å². The maximum Gasteiger partial charge on any atom is 0.186 e. The van der Waals surface area contributed by atoms with Crippen molar-refractivity contribution >= 4 is 5.78 Å². The minimum absolute atomic E-state index is 0.182. The van der Waals surface area contributed by atoms with Crippen LogP contribution in [0.2, 0.25) is 0 Å². The Balaban J connectivity index is 2.32. The first-order valence-electron chi connectivity index (χ1n) is 6.65. The molecule has 1 N–H and O–H groups in total. The quantitative estimate of drug-likeness (QED) is 0.414. The number of Topliss-reactive ketones (excluding diaryl/α,β-unsaturated/α-hetero) is 1. The van der Waals surface area contributed by atoms with Crippen molar-refractivity contribution < 1.29 is 14.6 Å². The van der Waals surface area contributed by atoms with Crippen LogP contribution in [0, 0.1) is 0 Å². The molecule has 0 atom stereocenters. The number of ether oxygens (including phenoxy) is 1. The van der Waals surface area contributed by atoms with Gasteiger partial charge >= 0.3 is 0 Å². The van der Waals surface area contributed by atoms with Gasteiger partial charge in [-0.1, -0.05) is 32.6 Å². The fraction of sp³-hybridized carbons (Fsp3) is 0.533. The zero-order chi connectivity index (χ0) is 13.2. The molecule has 0 amide bonds. The number of rotatable bonds is 9. The number of aliphatic hydroxyl groups is 1. The summed E-state index contributed by atoms with van der Waals surface area (Å²) in [5, 5.41) is 8.60. The van der Waals surface area contributed by atoms with Crippen LogP contribution in [0.25, 0.3) is 0 Å². The molecule has 0 unspecified atom stereocenters. The van der Waals surface area contributed by atoms with Crippen LogP contribution in [0.3, 0.4) is 0 Å². The van der Waals surface area contributed by atoms with E-state index in [2.05, 4.69) is 6.92 Å². The van der Waals surface area contributed by atoms with E-state index in [-0.39, 0.29) is 12.6 Å². The Hall–Kier alpha value is -1.35. The summed E-state index contributed by atoms with van der Waals surface area (Å²) >= 11 is 0. The van der Waals surface area contributed by atoms with E-state index in [4.69, 9.17) is 9.84 Å². The summed E-state index contributed by atoms with van der Waals surface area (Å²) < 4.78 is 4.91. The molecule has 0 spiro atoms. The summed E-state index contributed by atoms with van der Waals surface area (Å²) in [6, 6.07) is 6.92. The molecule has 0 aliphatic rings. The zero-order valence-electron chi connectivity index (χ0n) is 11.0. The highest BCUT2D eigenvalue weighted by molar-refractivity contribution is 5.96. The van der Waals surface area contributed by atoms with Gasteiger partial charge in [0.25, 0.3) is 0 Å². The van der Waals surface area contributed by atoms with Crippen molar-refractivity contribution in [2.75, 3.05) is 6.79 Å². The molecule has 0 saturated heterocycles. The fourth-order valence-corrected chi connectivity index (χ4v) is 1.85. The topological polar surface area (TPSA) is 46.5 Å². The van der Waals surface area contributed by atoms with Crippen molar-refractivity contribution in [2.45, 2.75) is 45.4 Å². The standard InChI is InChI=1S/C15H22O3/c1-2-3-4-5-6-7-15(17)13-8-10-14(11-9-13)18-12-16/h8-11,16H,2-7,12H2,1H3. The molecular formula is C15H22O3. The Bertz CT molecular complexity index is 343. The predicted octanol–water partition coefficient (Wildman–Crippen LogP) is 3.56. The van der Waals surface area contributed by atoms with Crippen LogP contribution >= 0.6 is 0 Å². The number of unbranched alkanes of at least 4 members (excludes halogenated alkanes) is 4. The number of carbonyl (C=O) groups excluding carboxylic acids is 1. The molecule has 3 heteroatoms. The van der Waals surface area contributed by atoms with E-state index in [9.17, 15) is 4.79 Å². The molecule has 0 aromatic heterocycles. The Morgan fingerprint density at radius 2 is 1.78 bits per heavy atom. The number of hydrogen-bond acceptors (Lipinski definition) is 3. The molecule has 0 heterocycles. The molecule has 0 saturated carbocycles. The molecule has 100 valence electrons. The third-order valence-electron chi connectivity index (χ3n) is 2.91. The molecule has 18 heavy (non-hydrogen) atoms. The summed E-state index contributed by atoms with van der Waals surface area (Å²) in [5.74, 6) is 0.763. The second kappa shape index (κ2) is 8.70. The van der Waals surface area contributed by atoms with Crippen molar-refractivity contribution in [2.24, 2.45) is 0 Å². The smallest absolute Gasteiger partial charge is 0.186 e. The van der Waals surface area contributed by atoms with Gasteiger partial charge in [-0.25, -0.2) is 0 Å². The van der Waals surface area contributed by atoms with E-state index in [0.29, 0.717) is 12.2 Å². The van der Waals surface area contributed by atoms with Gasteiger partial charge in [0.15, 0.2) is 12.6 Å². The second-order valence-corrected chi connectivity index (χ2v) is 4.39. The van der Waals surface area contributed by atoms with Crippen LogP contribution < -0.4 is 4.74 Å². The average Bonchev–Trinajstić information content (AvgIpc) is 2.39. The van der Waals surface area contributed by atoms with Crippen LogP contribution in [0.1, 0.15) is 55.8 Å². The van der Waals surface area contributed by atoms with Crippen LogP contribution in [0.15, 0.2) is 24.3 Å². The molecule has 3 nitrogen and oxygen atoms in total. The van der Waals surface area contributed by atoms with Crippen LogP contribution in [-0.2, 0) is 0 Å². The maximum atomic E-state index is 11.9. The van der Waals surface area contributed by atoms with E-state index >= 15 is 0 Å². The summed E-state index contributed by atoms with van der Waals surface area (Å²) in [7, 11) is 0. The summed E-state index contributed by atoms with van der Waals surface area (Å²) in [6.07, 6.45) is 6.40. The lowest BCUT2D eigenvalue weighted by molar-refractivity contribution is 0.0976. The van der Waals surface area contributed by atoms with Crippen molar-refractivity contribution in [3.63, 3.8) is 0 Å². The van der Waals surface area contributed by atoms with Gasteiger partial charge in [0.2, 0.25) is 0 Å². The predicted molar refractivity (Wildman–Crippen MR) is 71.9 cm³/mol. The molecule has 1 aromatic rings. The van der Waals surface area contributed by atoms with Gasteiger partial charge in [0, 0.05) is 12.0 Å². The summed E-state index contributed by atoms with van der Waals surface area (Å²) in [4.78, 5) is 11.9. The Morgan fingerprint density at radius 1 is 1.11 bits per heavy atom. The highest BCUT2D eigenvalue weighted by atomic mass is 16.6. The third-order valence-corrected chi connectivity index (χ3v) is 2.91. The Morgan fingerprint density at radius 3 is 2.39 bits per heavy atom. The highest BCUT2D eigenvalue weighted by Gasteiger charge is 2.05.